The van der Waals surface area contributed by atoms with Gasteiger partial charge >= 0.3 is 0 Å². The van der Waals surface area contributed by atoms with Crippen LogP contribution in [0, 0.1) is 6.92 Å². The highest BCUT2D eigenvalue weighted by molar-refractivity contribution is 8.18. The van der Waals surface area contributed by atoms with Gasteiger partial charge in [-0.3, -0.25) is 19.3 Å². The number of halogens is 1. The largest absolute Gasteiger partial charge is 0.504 e. The first-order valence-electron chi connectivity index (χ1n) is 8.47. The van der Waals surface area contributed by atoms with Crippen molar-refractivity contribution in [2.24, 2.45) is 0 Å². The van der Waals surface area contributed by atoms with Crippen LogP contribution in [0.3, 0.4) is 0 Å². The second kappa shape index (κ2) is 8.59. The summed E-state index contributed by atoms with van der Waals surface area (Å²) in [5.41, 5.74) is 1.84. The molecule has 0 unspecified atom stereocenters. The van der Waals surface area contributed by atoms with Crippen molar-refractivity contribution in [1.82, 2.24) is 4.90 Å². The molecular weight excluding hydrogens is 416 g/mol. The maximum atomic E-state index is 12.6. The molecule has 0 atom stereocenters. The van der Waals surface area contributed by atoms with Crippen LogP contribution < -0.4 is 10.1 Å². The van der Waals surface area contributed by atoms with Crippen LogP contribution in [0.1, 0.15) is 11.1 Å². The number of aromatic hydroxyl groups is 1. The molecule has 1 saturated heterocycles. The number of imide groups is 1. The van der Waals surface area contributed by atoms with E-state index in [-0.39, 0.29) is 22.0 Å². The average Bonchev–Trinajstić information content (AvgIpc) is 2.93. The second-order valence-electron chi connectivity index (χ2n) is 6.23. The summed E-state index contributed by atoms with van der Waals surface area (Å²) < 4.78 is 5.03. The van der Waals surface area contributed by atoms with Gasteiger partial charge in [-0.15, -0.1) is 0 Å². The van der Waals surface area contributed by atoms with E-state index in [1.807, 2.05) is 19.1 Å². The number of carbonyl (C=O) groups is 3. The fourth-order valence-corrected chi connectivity index (χ4v) is 3.66. The SMILES string of the molecule is COc1cc(Cl)cc(C=C2SC(=O)N(CC(=O)Nc3ccc(C)cc3)C2=O)c1O. The lowest BCUT2D eigenvalue weighted by Crippen LogP contribution is -2.36. The number of carbonyl (C=O) groups excluding carboxylic acids is 3. The summed E-state index contributed by atoms with van der Waals surface area (Å²) in [6.07, 6.45) is 1.34. The average molecular weight is 433 g/mol. The van der Waals surface area contributed by atoms with Crippen LogP contribution in [0.25, 0.3) is 6.08 Å². The van der Waals surface area contributed by atoms with Crippen LogP contribution in [0.4, 0.5) is 10.5 Å². The Hall–Kier alpha value is -2.97. The van der Waals surface area contributed by atoms with E-state index in [2.05, 4.69) is 5.32 Å². The number of hydrogen-bond donors (Lipinski definition) is 2. The first kappa shape index (κ1) is 20.8. The maximum Gasteiger partial charge on any atom is 0.294 e. The molecule has 2 aromatic rings. The highest BCUT2D eigenvalue weighted by atomic mass is 35.5. The van der Waals surface area contributed by atoms with Crippen LogP contribution in [0.15, 0.2) is 41.3 Å². The minimum absolute atomic E-state index is 0.0674. The van der Waals surface area contributed by atoms with Crippen molar-refractivity contribution in [1.29, 1.82) is 0 Å². The summed E-state index contributed by atoms with van der Waals surface area (Å²) in [7, 11) is 1.37. The number of methoxy groups -OCH3 is 1. The summed E-state index contributed by atoms with van der Waals surface area (Å²) in [5.74, 6) is -1.19. The molecular formula is C20H17ClN2O5S. The zero-order valence-corrected chi connectivity index (χ0v) is 17.1. The van der Waals surface area contributed by atoms with Crippen molar-refractivity contribution in [3.05, 3.63) is 57.5 Å². The van der Waals surface area contributed by atoms with Gasteiger partial charge in [0.05, 0.1) is 12.0 Å². The lowest BCUT2D eigenvalue weighted by molar-refractivity contribution is -0.127. The fraction of sp³-hybridized carbons (Fsp3) is 0.150. The van der Waals surface area contributed by atoms with Crippen LogP contribution in [-0.4, -0.2) is 40.7 Å². The maximum absolute atomic E-state index is 12.6. The number of phenols is 1. The van der Waals surface area contributed by atoms with Gasteiger partial charge in [0.1, 0.15) is 6.54 Å². The highest BCUT2D eigenvalue weighted by Gasteiger charge is 2.36. The summed E-state index contributed by atoms with van der Waals surface area (Å²) in [6.45, 7) is 1.51. The Labute approximate surface area is 176 Å². The summed E-state index contributed by atoms with van der Waals surface area (Å²) in [6, 6.07) is 10.0. The first-order chi connectivity index (χ1) is 13.8. The van der Waals surface area contributed by atoms with E-state index in [1.54, 1.807) is 12.1 Å². The normalized spacial score (nSPS) is 15.1. The van der Waals surface area contributed by atoms with Crippen LogP contribution >= 0.6 is 23.4 Å². The third-order valence-corrected chi connectivity index (χ3v) is 5.21. The van der Waals surface area contributed by atoms with E-state index in [9.17, 15) is 19.5 Å². The van der Waals surface area contributed by atoms with E-state index in [4.69, 9.17) is 16.3 Å². The smallest absolute Gasteiger partial charge is 0.294 e. The molecule has 3 amide bonds. The summed E-state index contributed by atoms with van der Waals surface area (Å²) >= 11 is 6.67. The number of nitrogens with zero attached hydrogens (tertiary/aromatic N) is 1. The van der Waals surface area contributed by atoms with Gasteiger partial charge in [0.2, 0.25) is 5.91 Å². The van der Waals surface area contributed by atoms with E-state index in [1.165, 1.54) is 25.3 Å². The minimum atomic E-state index is -0.627. The third kappa shape index (κ3) is 4.72. The van der Waals surface area contributed by atoms with Gasteiger partial charge < -0.3 is 15.2 Å². The molecule has 0 bridgehead atoms. The van der Waals surface area contributed by atoms with Gasteiger partial charge in [0.15, 0.2) is 11.5 Å². The number of phenolic OH excluding ortho intramolecular Hbond substituents is 1. The molecule has 7 nitrogen and oxygen atoms in total. The topological polar surface area (TPSA) is 95.9 Å². The first-order valence-corrected chi connectivity index (χ1v) is 9.66. The number of nitrogens with one attached hydrogen (secondary N) is 1. The van der Waals surface area contributed by atoms with Gasteiger partial charge in [-0.1, -0.05) is 29.3 Å². The number of anilines is 1. The molecule has 0 aromatic heterocycles. The van der Waals surface area contributed by atoms with Gasteiger partial charge in [-0.05, 0) is 43.0 Å². The molecule has 0 saturated carbocycles. The molecule has 3 rings (SSSR count). The highest BCUT2D eigenvalue weighted by Crippen LogP contribution is 2.38. The molecule has 150 valence electrons. The van der Waals surface area contributed by atoms with Crippen molar-refractivity contribution in [2.75, 3.05) is 19.0 Å². The molecule has 2 N–H and O–H groups in total. The molecule has 29 heavy (non-hydrogen) atoms. The second-order valence-corrected chi connectivity index (χ2v) is 7.66. The van der Waals surface area contributed by atoms with E-state index in [0.29, 0.717) is 22.5 Å². The molecule has 0 aliphatic carbocycles. The number of thioether (sulfide) groups is 1. The van der Waals surface area contributed by atoms with E-state index in [0.717, 1.165) is 10.5 Å². The van der Waals surface area contributed by atoms with Gasteiger partial charge in [-0.25, -0.2) is 0 Å². The monoisotopic (exact) mass is 432 g/mol. The van der Waals surface area contributed by atoms with Crippen molar-refractivity contribution in [3.63, 3.8) is 0 Å². The molecule has 1 aliphatic rings. The third-order valence-electron chi connectivity index (χ3n) is 4.09. The van der Waals surface area contributed by atoms with Gasteiger partial charge in [-0.2, -0.15) is 0 Å². The standard InChI is InChI=1S/C20H17ClN2O5S/c1-11-3-5-14(6-4-11)22-17(24)10-23-19(26)16(29-20(23)27)8-12-7-13(21)9-15(28-2)18(12)25/h3-9,25H,10H2,1-2H3,(H,22,24). The minimum Gasteiger partial charge on any atom is -0.504 e. The Bertz CT molecular complexity index is 1020. The van der Waals surface area contributed by atoms with Crippen LogP contribution in [0.5, 0.6) is 11.5 Å². The Morgan fingerprint density at radius 2 is 1.97 bits per heavy atom. The van der Waals surface area contributed by atoms with Crippen LogP contribution in [0.2, 0.25) is 5.02 Å². The molecule has 0 radical (unpaired) electrons. The van der Waals surface area contributed by atoms with Crippen molar-refractivity contribution >= 4 is 52.2 Å². The number of hydrogen-bond acceptors (Lipinski definition) is 6. The molecule has 1 aliphatic heterocycles. The van der Waals surface area contributed by atoms with Gasteiger partial charge in [0, 0.05) is 22.3 Å². The van der Waals surface area contributed by atoms with Gasteiger partial charge in [0.25, 0.3) is 11.1 Å². The summed E-state index contributed by atoms with van der Waals surface area (Å²) in [4.78, 5) is 38.0. The fourth-order valence-electron chi connectivity index (χ4n) is 2.62. The van der Waals surface area contributed by atoms with Crippen molar-refractivity contribution in [2.45, 2.75) is 6.92 Å². The molecule has 0 spiro atoms. The van der Waals surface area contributed by atoms with E-state index < -0.39 is 23.6 Å². The molecule has 1 heterocycles. The Morgan fingerprint density at radius 1 is 1.28 bits per heavy atom. The number of benzene rings is 2. The number of ether oxygens (including phenoxy) is 1. The van der Waals surface area contributed by atoms with Crippen LogP contribution in [-0.2, 0) is 9.59 Å². The lowest BCUT2D eigenvalue weighted by Gasteiger charge is -2.12. The lowest BCUT2D eigenvalue weighted by atomic mass is 10.1. The predicted molar refractivity (Wildman–Crippen MR) is 112 cm³/mol. The van der Waals surface area contributed by atoms with E-state index >= 15 is 0 Å². The number of amides is 3. The number of aryl methyl sites for hydroxylation is 1. The molecule has 2 aromatic carbocycles. The Kier molecular flexibility index (Phi) is 6.14. The predicted octanol–water partition coefficient (Wildman–Crippen LogP) is 4.04. The zero-order valence-electron chi connectivity index (χ0n) is 15.6. The Morgan fingerprint density at radius 3 is 2.62 bits per heavy atom. The number of rotatable bonds is 5. The summed E-state index contributed by atoms with van der Waals surface area (Å²) in [5, 5.41) is 12.6. The quantitative estimate of drug-likeness (QED) is 0.692. The van der Waals surface area contributed by atoms with Crippen molar-refractivity contribution in [3.8, 4) is 11.5 Å². The zero-order chi connectivity index (χ0) is 21.1. The van der Waals surface area contributed by atoms with Crippen molar-refractivity contribution < 1.29 is 24.2 Å². The molecule has 9 heteroatoms. The molecule has 1 fully saturated rings. The Balaban J connectivity index is 1.76.